The Morgan fingerprint density at radius 2 is 1.57 bits per heavy atom. The molecule has 1 saturated carbocycles. The molecule has 3 rings (SSSR count). The average Bonchev–Trinajstić information content (AvgIpc) is 3.53. The van der Waals surface area contributed by atoms with Crippen molar-refractivity contribution in [1.29, 1.82) is 0 Å². The molecule has 4 heteroatoms. The van der Waals surface area contributed by atoms with Gasteiger partial charge in [0.1, 0.15) is 0 Å². The van der Waals surface area contributed by atoms with Crippen LogP contribution in [0.15, 0.2) is 48.5 Å². The molecular formula is C24H30N2O2. The summed E-state index contributed by atoms with van der Waals surface area (Å²) in [4.78, 5) is 28.8. The second-order valence-corrected chi connectivity index (χ2v) is 7.84. The van der Waals surface area contributed by atoms with Crippen molar-refractivity contribution >= 4 is 17.5 Å². The number of hydrogen-bond acceptors (Lipinski definition) is 2. The normalized spacial score (nSPS) is 13.2. The lowest BCUT2D eigenvalue weighted by atomic mass is 10.1. The molecule has 0 bridgehead atoms. The van der Waals surface area contributed by atoms with Gasteiger partial charge in [0.05, 0.1) is 13.0 Å². The van der Waals surface area contributed by atoms with Crippen LogP contribution in [0.3, 0.4) is 0 Å². The number of rotatable bonds is 8. The summed E-state index contributed by atoms with van der Waals surface area (Å²) in [7, 11) is 1.85. The van der Waals surface area contributed by atoms with Crippen LogP contribution < -0.4 is 4.90 Å². The molecule has 148 valence electrons. The molecule has 0 heterocycles. The van der Waals surface area contributed by atoms with Gasteiger partial charge in [-0.05, 0) is 49.4 Å². The van der Waals surface area contributed by atoms with E-state index in [1.807, 2.05) is 36.2 Å². The molecule has 1 aliphatic carbocycles. The van der Waals surface area contributed by atoms with E-state index in [2.05, 4.69) is 38.1 Å². The first kappa shape index (κ1) is 20.1. The SMILES string of the molecule is CCCN(C)C(=O)Cc1ccc(N(Cc2ccc(C)cc2)C(=O)C2CC2)cc1. The van der Waals surface area contributed by atoms with Gasteiger partial charge < -0.3 is 9.80 Å². The van der Waals surface area contributed by atoms with E-state index in [1.165, 1.54) is 5.56 Å². The number of hydrogen-bond donors (Lipinski definition) is 0. The van der Waals surface area contributed by atoms with Crippen molar-refractivity contribution in [3.8, 4) is 0 Å². The smallest absolute Gasteiger partial charge is 0.230 e. The maximum absolute atomic E-state index is 12.9. The van der Waals surface area contributed by atoms with Crippen LogP contribution in [-0.4, -0.2) is 30.3 Å². The van der Waals surface area contributed by atoms with Crippen LogP contribution >= 0.6 is 0 Å². The van der Waals surface area contributed by atoms with Crippen LogP contribution in [0, 0.1) is 12.8 Å². The molecule has 0 spiro atoms. The van der Waals surface area contributed by atoms with Gasteiger partial charge in [-0.2, -0.15) is 0 Å². The molecule has 0 unspecified atom stereocenters. The minimum atomic E-state index is 0.125. The number of benzene rings is 2. The first-order valence-corrected chi connectivity index (χ1v) is 10.2. The lowest BCUT2D eigenvalue weighted by Gasteiger charge is -2.24. The van der Waals surface area contributed by atoms with Crippen LogP contribution in [0.5, 0.6) is 0 Å². The Bertz CT molecular complexity index is 808. The largest absolute Gasteiger partial charge is 0.345 e. The first-order chi connectivity index (χ1) is 13.5. The topological polar surface area (TPSA) is 40.6 Å². The van der Waals surface area contributed by atoms with Gasteiger partial charge in [0, 0.05) is 25.2 Å². The van der Waals surface area contributed by atoms with E-state index in [0.717, 1.165) is 42.6 Å². The lowest BCUT2D eigenvalue weighted by Crippen LogP contribution is -2.31. The van der Waals surface area contributed by atoms with E-state index in [4.69, 9.17) is 0 Å². The highest BCUT2D eigenvalue weighted by Crippen LogP contribution is 2.33. The third-order valence-electron chi connectivity index (χ3n) is 5.24. The number of aryl methyl sites for hydroxylation is 1. The molecule has 1 fully saturated rings. The fourth-order valence-corrected chi connectivity index (χ4v) is 3.29. The van der Waals surface area contributed by atoms with Crippen LogP contribution in [0.1, 0.15) is 42.9 Å². The van der Waals surface area contributed by atoms with Crippen LogP contribution in [-0.2, 0) is 22.6 Å². The van der Waals surface area contributed by atoms with Gasteiger partial charge in [-0.15, -0.1) is 0 Å². The van der Waals surface area contributed by atoms with Gasteiger partial charge in [-0.3, -0.25) is 9.59 Å². The summed E-state index contributed by atoms with van der Waals surface area (Å²) >= 11 is 0. The Morgan fingerprint density at radius 1 is 0.964 bits per heavy atom. The highest BCUT2D eigenvalue weighted by molar-refractivity contribution is 5.96. The number of likely N-dealkylation sites (N-methyl/N-ethyl adjacent to an activating group) is 1. The summed E-state index contributed by atoms with van der Waals surface area (Å²) < 4.78 is 0. The highest BCUT2D eigenvalue weighted by atomic mass is 16.2. The zero-order valence-corrected chi connectivity index (χ0v) is 17.1. The predicted octanol–water partition coefficient (Wildman–Crippen LogP) is 4.35. The van der Waals surface area contributed by atoms with E-state index < -0.39 is 0 Å². The van der Waals surface area contributed by atoms with Crippen molar-refractivity contribution in [3.63, 3.8) is 0 Å². The summed E-state index contributed by atoms with van der Waals surface area (Å²) in [6.45, 7) is 5.48. The second kappa shape index (κ2) is 9.05. The van der Waals surface area contributed by atoms with E-state index >= 15 is 0 Å². The van der Waals surface area contributed by atoms with Crippen molar-refractivity contribution in [2.45, 2.75) is 46.1 Å². The predicted molar refractivity (Wildman–Crippen MR) is 113 cm³/mol. The van der Waals surface area contributed by atoms with Gasteiger partial charge in [0.25, 0.3) is 0 Å². The van der Waals surface area contributed by atoms with Crippen LogP contribution in [0.25, 0.3) is 0 Å². The Morgan fingerprint density at radius 3 is 2.14 bits per heavy atom. The standard InChI is InChI=1S/C24H30N2O2/c1-4-15-25(3)23(27)16-19-9-13-22(14-10-19)26(24(28)21-11-12-21)17-20-7-5-18(2)6-8-20/h5-10,13-14,21H,4,11-12,15-17H2,1-3H3. The molecular weight excluding hydrogens is 348 g/mol. The molecule has 0 saturated heterocycles. The molecule has 0 N–H and O–H groups in total. The van der Waals surface area contributed by atoms with E-state index in [1.54, 1.807) is 4.90 Å². The molecule has 0 aromatic heterocycles. The monoisotopic (exact) mass is 378 g/mol. The maximum Gasteiger partial charge on any atom is 0.230 e. The molecule has 0 atom stereocenters. The van der Waals surface area contributed by atoms with Crippen molar-refractivity contribution in [3.05, 3.63) is 65.2 Å². The summed E-state index contributed by atoms with van der Waals surface area (Å²) in [5, 5.41) is 0. The number of carbonyl (C=O) groups is 2. The maximum atomic E-state index is 12.9. The minimum Gasteiger partial charge on any atom is -0.345 e. The van der Waals surface area contributed by atoms with Crippen molar-refractivity contribution < 1.29 is 9.59 Å². The lowest BCUT2D eigenvalue weighted by molar-refractivity contribution is -0.129. The van der Waals surface area contributed by atoms with Gasteiger partial charge in [-0.25, -0.2) is 0 Å². The zero-order valence-electron chi connectivity index (χ0n) is 17.1. The van der Waals surface area contributed by atoms with Gasteiger partial charge >= 0.3 is 0 Å². The van der Waals surface area contributed by atoms with Gasteiger partial charge in [-0.1, -0.05) is 48.9 Å². The first-order valence-electron chi connectivity index (χ1n) is 10.2. The van der Waals surface area contributed by atoms with Crippen molar-refractivity contribution in [1.82, 2.24) is 4.90 Å². The number of nitrogens with zero attached hydrogens (tertiary/aromatic N) is 2. The van der Waals surface area contributed by atoms with Gasteiger partial charge in [0.15, 0.2) is 0 Å². The molecule has 1 aliphatic rings. The summed E-state index contributed by atoms with van der Waals surface area (Å²) in [5.74, 6) is 0.488. The van der Waals surface area contributed by atoms with Crippen molar-refractivity contribution in [2.75, 3.05) is 18.5 Å². The molecule has 2 amide bonds. The van der Waals surface area contributed by atoms with E-state index in [9.17, 15) is 9.59 Å². The average molecular weight is 379 g/mol. The molecule has 28 heavy (non-hydrogen) atoms. The summed E-state index contributed by atoms with van der Waals surface area (Å²) in [6, 6.07) is 16.2. The quantitative estimate of drug-likeness (QED) is 0.685. The zero-order chi connectivity index (χ0) is 20.1. The van der Waals surface area contributed by atoms with Crippen molar-refractivity contribution in [2.24, 2.45) is 5.92 Å². The number of amides is 2. The molecule has 2 aromatic rings. The van der Waals surface area contributed by atoms with Crippen LogP contribution in [0.2, 0.25) is 0 Å². The Labute approximate surface area is 168 Å². The molecule has 0 aliphatic heterocycles. The highest BCUT2D eigenvalue weighted by Gasteiger charge is 2.34. The summed E-state index contributed by atoms with van der Waals surface area (Å²) in [5.41, 5.74) is 4.22. The summed E-state index contributed by atoms with van der Waals surface area (Å²) in [6.07, 6.45) is 3.32. The third kappa shape index (κ3) is 5.22. The Balaban J connectivity index is 1.73. The third-order valence-corrected chi connectivity index (χ3v) is 5.24. The number of carbonyl (C=O) groups excluding carboxylic acids is 2. The fraction of sp³-hybridized carbons (Fsp3) is 0.417. The fourth-order valence-electron chi connectivity index (χ4n) is 3.29. The molecule has 4 nitrogen and oxygen atoms in total. The number of anilines is 1. The molecule has 2 aromatic carbocycles. The second-order valence-electron chi connectivity index (χ2n) is 7.84. The molecule has 0 radical (unpaired) electrons. The van der Waals surface area contributed by atoms with E-state index in [0.29, 0.717) is 13.0 Å². The van der Waals surface area contributed by atoms with Crippen LogP contribution in [0.4, 0.5) is 5.69 Å². The van der Waals surface area contributed by atoms with E-state index in [-0.39, 0.29) is 17.7 Å². The minimum absolute atomic E-state index is 0.125. The Hall–Kier alpha value is -2.62. The van der Waals surface area contributed by atoms with Gasteiger partial charge in [0.2, 0.25) is 11.8 Å². The Kier molecular flexibility index (Phi) is 6.50.